The molecule has 0 spiro atoms. The van der Waals surface area contributed by atoms with Crippen LogP contribution in [0, 0.1) is 0 Å². The first-order valence-electron chi connectivity index (χ1n) is 9.23. The number of likely N-dealkylation sites (N-methyl/N-ethyl adjacent to an activating group) is 1. The van der Waals surface area contributed by atoms with Crippen LogP contribution >= 0.6 is 46.4 Å². The van der Waals surface area contributed by atoms with Gasteiger partial charge in [0.15, 0.2) is 0 Å². The van der Waals surface area contributed by atoms with Crippen LogP contribution in [0.25, 0.3) is 0 Å². The number of sulfonamides is 1. The molecule has 0 aliphatic rings. The van der Waals surface area contributed by atoms with Crippen molar-refractivity contribution in [3.63, 3.8) is 0 Å². The largest absolute Gasteiger partial charge is 0.357 e. The van der Waals surface area contributed by atoms with Crippen LogP contribution in [-0.4, -0.2) is 51.0 Å². The van der Waals surface area contributed by atoms with Gasteiger partial charge < -0.3 is 10.2 Å². The highest BCUT2D eigenvalue weighted by atomic mass is 35.5. The molecule has 1 N–H and O–H groups in total. The maximum absolute atomic E-state index is 13.3. The normalized spacial score (nSPS) is 12.2. The molecule has 174 valence electrons. The molecular weight excluding hydrogens is 520 g/mol. The first-order chi connectivity index (χ1) is 14.8. The second kappa shape index (κ2) is 10.9. The van der Waals surface area contributed by atoms with Crippen molar-refractivity contribution >= 4 is 73.9 Å². The molecule has 12 heteroatoms. The Kier molecular flexibility index (Phi) is 9.07. The third-order valence-electron chi connectivity index (χ3n) is 4.63. The summed E-state index contributed by atoms with van der Waals surface area (Å²) >= 11 is 24.3. The molecule has 1 atom stereocenters. The van der Waals surface area contributed by atoms with E-state index in [0.29, 0.717) is 20.6 Å². The van der Waals surface area contributed by atoms with Crippen molar-refractivity contribution in [3.8, 4) is 0 Å². The van der Waals surface area contributed by atoms with E-state index in [2.05, 4.69) is 5.32 Å². The number of anilines is 1. The lowest BCUT2D eigenvalue weighted by Crippen LogP contribution is -2.50. The van der Waals surface area contributed by atoms with E-state index in [4.69, 9.17) is 46.4 Å². The summed E-state index contributed by atoms with van der Waals surface area (Å²) in [6.07, 6.45) is 0.952. The molecule has 0 saturated heterocycles. The minimum atomic E-state index is -3.91. The fraction of sp³-hybridized carbons (Fsp3) is 0.300. The van der Waals surface area contributed by atoms with E-state index in [1.165, 1.54) is 43.1 Å². The Morgan fingerprint density at radius 1 is 1.00 bits per heavy atom. The third-order valence-corrected chi connectivity index (χ3v) is 6.88. The van der Waals surface area contributed by atoms with Gasteiger partial charge in [0.25, 0.3) is 0 Å². The van der Waals surface area contributed by atoms with E-state index in [9.17, 15) is 18.0 Å². The smallest absolute Gasteiger partial charge is 0.244 e. The van der Waals surface area contributed by atoms with Gasteiger partial charge in [-0.15, -0.1) is 0 Å². The van der Waals surface area contributed by atoms with Gasteiger partial charge in [0.2, 0.25) is 21.8 Å². The van der Waals surface area contributed by atoms with Crippen molar-refractivity contribution in [1.29, 1.82) is 0 Å². The van der Waals surface area contributed by atoms with E-state index in [1.807, 2.05) is 0 Å². The number of amides is 2. The predicted octanol–water partition coefficient (Wildman–Crippen LogP) is 4.23. The summed E-state index contributed by atoms with van der Waals surface area (Å²) in [7, 11) is -2.47. The van der Waals surface area contributed by atoms with Crippen LogP contribution in [-0.2, 0) is 26.2 Å². The van der Waals surface area contributed by atoms with Gasteiger partial charge in [-0.1, -0.05) is 52.5 Å². The molecule has 7 nitrogen and oxygen atoms in total. The molecule has 32 heavy (non-hydrogen) atoms. The van der Waals surface area contributed by atoms with Crippen molar-refractivity contribution in [1.82, 2.24) is 10.2 Å². The number of nitrogens with one attached hydrogen (secondary N) is 1. The Hall–Kier alpha value is -1.71. The summed E-state index contributed by atoms with van der Waals surface area (Å²) in [5, 5.41) is 3.57. The lowest BCUT2D eigenvalue weighted by atomic mass is 10.1. The summed E-state index contributed by atoms with van der Waals surface area (Å²) in [6.45, 7) is 0.892. The Labute approximate surface area is 207 Å². The standard InChI is InChI=1S/C20H21Cl4N3O4S/c1-12(20(29)25-2)26(10-13-4-5-14(21)8-16(13)23)19(28)11-27(32(3,30)31)18-7-6-15(22)9-17(18)24/h4-9,12H,10-11H2,1-3H3,(H,25,29). The van der Waals surface area contributed by atoms with Gasteiger partial charge in [0.1, 0.15) is 12.6 Å². The molecule has 2 aromatic carbocycles. The molecule has 2 rings (SSSR count). The van der Waals surface area contributed by atoms with Crippen LogP contribution in [0.2, 0.25) is 20.1 Å². The van der Waals surface area contributed by atoms with Crippen LogP contribution in [0.1, 0.15) is 12.5 Å². The number of hydrogen-bond acceptors (Lipinski definition) is 4. The van der Waals surface area contributed by atoms with Crippen molar-refractivity contribution in [2.75, 3.05) is 24.2 Å². The zero-order valence-corrected chi connectivity index (χ0v) is 21.2. The monoisotopic (exact) mass is 539 g/mol. The Balaban J connectivity index is 2.45. The average molecular weight is 541 g/mol. The lowest BCUT2D eigenvalue weighted by Gasteiger charge is -2.31. The molecule has 0 aliphatic heterocycles. The van der Waals surface area contributed by atoms with Gasteiger partial charge in [0, 0.05) is 28.7 Å². The van der Waals surface area contributed by atoms with Crippen LogP contribution < -0.4 is 9.62 Å². The van der Waals surface area contributed by atoms with Crippen molar-refractivity contribution in [3.05, 3.63) is 62.1 Å². The summed E-state index contributed by atoms with van der Waals surface area (Å²) in [4.78, 5) is 26.8. The van der Waals surface area contributed by atoms with E-state index in [0.717, 1.165) is 10.6 Å². The molecule has 0 aliphatic carbocycles. The van der Waals surface area contributed by atoms with Crippen LogP contribution in [0.5, 0.6) is 0 Å². The number of benzene rings is 2. The first-order valence-corrected chi connectivity index (χ1v) is 12.6. The van der Waals surface area contributed by atoms with Crippen molar-refractivity contribution < 1.29 is 18.0 Å². The topological polar surface area (TPSA) is 86.8 Å². The number of nitrogens with zero attached hydrogens (tertiary/aromatic N) is 2. The van der Waals surface area contributed by atoms with Crippen molar-refractivity contribution in [2.24, 2.45) is 0 Å². The predicted molar refractivity (Wildman–Crippen MR) is 129 cm³/mol. The summed E-state index contributed by atoms with van der Waals surface area (Å²) < 4.78 is 25.8. The van der Waals surface area contributed by atoms with Crippen LogP contribution in [0.4, 0.5) is 5.69 Å². The highest BCUT2D eigenvalue weighted by Gasteiger charge is 2.30. The second-order valence-electron chi connectivity index (χ2n) is 6.91. The third kappa shape index (κ3) is 6.65. The molecule has 2 amide bonds. The molecular formula is C20H21Cl4N3O4S. The minimum absolute atomic E-state index is 0.0463. The quantitative estimate of drug-likeness (QED) is 0.542. The Bertz CT molecular complexity index is 1130. The van der Waals surface area contributed by atoms with E-state index in [-0.39, 0.29) is 17.3 Å². The SMILES string of the molecule is CNC(=O)C(C)N(Cc1ccc(Cl)cc1Cl)C(=O)CN(c1ccc(Cl)cc1Cl)S(C)(=O)=O. The van der Waals surface area contributed by atoms with E-state index >= 15 is 0 Å². The van der Waals surface area contributed by atoms with Gasteiger partial charge in [-0.05, 0) is 42.8 Å². The summed E-state index contributed by atoms with van der Waals surface area (Å²) in [5.41, 5.74) is 0.625. The van der Waals surface area contributed by atoms with Gasteiger partial charge in [0.05, 0.1) is 17.0 Å². The lowest BCUT2D eigenvalue weighted by molar-refractivity contribution is -0.139. The zero-order valence-electron chi connectivity index (χ0n) is 17.4. The number of carbonyl (C=O) groups excluding carboxylic acids is 2. The Morgan fingerprint density at radius 2 is 1.56 bits per heavy atom. The maximum Gasteiger partial charge on any atom is 0.244 e. The Morgan fingerprint density at radius 3 is 2.06 bits per heavy atom. The van der Waals surface area contributed by atoms with Gasteiger partial charge in [-0.3, -0.25) is 13.9 Å². The van der Waals surface area contributed by atoms with Gasteiger partial charge >= 0.3 is 0 Å². The molecule has 0 heterocycles. The van der Waals surface area contributed by atoms with Crippen LogP contribution in [0.15, 0.2) is 36.4 Å². The fourth-order valence-corrected chi connectivity index (χ4v) is 4.79. The summed E-state index contributed by atoms with van der Waals surface area (Å²) in [5.74, 6) is -1.07. The van der Waals surface area contributed by atoms with E-state index < -0.39 is 34.4 Å². The average Bonchev–Trinajstić information content (AvgIpc) is 2.70. The van der Waals surface area contributed by atoms with Gasteiger partial charge in [-0.2, -0.15) is 0 Å². The first kappa shape index (κ1) is 26.5. The molecule has 2 aromatic rings. The molecule has 0 saturated carbocycles. The number of carbonyl (C=O) groups is 2. The van der Waals surface area contributed by atoms with E-state index in [1.54, 1.807) is 12.1 Å². The molecule has 0 aromatic heterocycles. The second-order valence-corrected chi connectivity index (χ2v) is 10.5. The fourth-order valence-electron chi connectivity index (χ4n) is 2.90. The molecule has 0 radical (unpaired) electrons. The number of hydrogen-bond donors (Lipinski definition) is 1. The minimum Gasteiger partial charge on any atom is -0.357 e. The molecule has 0 fully saturated rings. The number of rotatable bonds is 8. The molecule has 0 bridgehead atoms. The van der Waals surface area contributed by atoms with Gasteiger partial charge in [-0.25, -0.2) is 8.42 Å². The summed E-state index contributed by atoms with van der Waals surface area (Å²) in [6, 6.07) is 8.08. The maximum atomic E-state index is 13.3. The number of halogens is 4. The zero-order chi connectivity index (χ0) is 24.2. The highest BCUT2D eigenvalue weighted by molar-refractivity contribution is 7.92. The van der Waals surface area contributed by atoms with Crippen molar-refractivity contribution in [2.45, 2.75) is 19.5 Å². The van der Waals surface area contributed by atoms with Crippen LogP contribution in [0.3, 0.4) is 0 Å². The molecule has 1 unspecified atom stereocenters. The highest BCUT2D eigenvalue weighted by Crippen LogP contribution is 2.31.